The molecular weight excluding hydrogens is 426 g/mol. The van der Waals surface area contributed by atoms with Crippen molar-refractivity contribution >= 4 is 16.6 Å². The third-order valence-corrected chi connectivity index (χ3v) is 6.39. The highest BCUT2D eigenvalue weighted by atomic mass is 16.5. The molecule has 1 aliphatic rings. The zero-order valence-corrected chi connectivity index (χ0v) is 19.6. The van der Waals surface area contributed by atoms with Crippen molar-refractivity contribution in [3.63, 3.8) is 0 Å². The van der Waals surface area contributed by atoms with Crippen LogP contribution in [0.15, 0.2) is 66.7 Å². The van der Waals surface area contributed by atoms with Gasteiger partial charge in [0.1, 0.15) is 18.2 Å². The van der Waals surface area contributed by atoms with Gasteiger partial charge in [-0.2, -0.15) is 0 Å². The Balaban J connectivity index is 1.30. The van der Waals surface area contributed by atoms with Crippen LogP contribution in [0.4, 0.5) is 5.82 Å². The first kappa shape index (κ1) is 22.0. The number of hydrogen-bond donors (Lipinski definition) is 1. The lowest BCUT2D eigenvalue weighted by molar-refractivity contribution is 0.197. The highest BCUT2D eigenvalue weighted by molar-refractivity contribution is 5.99. The van der Waals surface area contributed by atoms with Crippen LogP contribution in [0.1, 0.15) is 11.1 Å². The normalized spacial score (nSPS) is 13.5. The van der Waals surface area contributed by atoms with E-state index in [-0.39, 0.29) is 0 Å². The molecule has 0 fully saturated rings. The van der Waals surface area contributed by atoms with Crippen LogP contribution in [0.3, 0.4) is 0 Å². The van der Waals surface area contributed by atoms with Crippen LogP contribution in [0.2, 0.25) is 0 Å². The summed E-state index contributed by atoms with van der Waals surface area (Å²) in [5.41, 5.74) is 10.4. The van der Waals surface area contributed by atoms with Gasteiger partial charge in [-0.3, -0.25) is 4.90 Å². The summed E-state index contributed by atoms with van der Waals surface area (Å²) in [5.74, 6) is 2.97. The second-order valence-electron chi connectivity index (χ2n) is 8.46. The summed E-state index contributed by atoms with van der Waals surface area (Å²) in [5, 5.41) is 2.18. The minimum Gasteiger partial charge on any atom is -0.493 e. The Morgan fingerprint density at radius 1 is 0.853 bits per heavy atom. The topological polar surface area (TPSA) is 69.8 Å². The predicted octanol–water partition coefficient (Wildman–Crippen LogP) is 4.94. The quantitative estimate of drug-likeness (QED) is 0.426. The zero-order valence-electron chi connectivity index (χ0n) is 19.6. The Labute approximate surface area is 199 Å². The van der Waals surface area contributed by atoms with Crippen LogP contribution in [0.25, 0.3) is 22.0 Å². The minimum atomic E-state index is 0.515. The van der Waals surface area contributed by atoms with Gasteiger partial charge in [0.05, 0.1) is 19.9 Å². The molecule has 2 N–H and O–H groups in total. The second kappa shape index (κ2) is 9.61. The number of anilines is 1. The predicted molar refractivity (Wildman–Crippen MR) is 136 cm³/mol. The fraction of sp³-hybridized carbons (Fsp3) is 0.250. The van der Waals surface area contributed by atoms with Gasteiger partial charge in [0, 0.05) is 30.6 Å². The van der Waals surface area contributed by atoms with Crippen LogP contribution in [0.5, 0.6) is 17.2 Å². The highest BCUT2D eigenvalue weighted by Crippen LogP contribution is 2.35. The minimum absolute atomic E-state index is 0.515. The third-order valence-electron chi connectivity index (χ3n) is 6.39. The molecule has 6 nitrogen and oxygen atoms in total. The number of benzene rings is 3. The smallest absolute Gasteiger partial charge is 0.161 e. The maximum absolute atomic E-state index is 6.27. The summed E-state index contributed by atoms with van der Waals surface area (Å²) >= 11 is 0. The van der Waals surface area contributed by atoms with Gasteiger partial charge in [-0.25, -0.2) is 4.98 Å². The monoisotopic (exact) mass is 455 g/mol. The van der Waals surface area contributed by atoms with E-state index in [0.29, 0.717) is 12.4 Å². The molecule has 0 spiro atoms. The lowest BCUT2D eigenvalue weighted by atomic mass is 9.99. The molecule has 0 unspecified atom stereocenters. The van der Waals surface area contributed by atoms with Gasteiger partial charge in [-0.05, 0) is 59.3 Å². The maximum Gasteiger partial charge on any atom is 0.161 e. The van der Waals surface area contributed by atoms with Crippen LogP contribution >= 0.6 is 0 Å². The molecule has 0 saturated carbocycles. The molecule has 2 heterocycles. The fourth-order valence-corrected chi connectivity index (χ4v) is 4.64. The third kappa shape index (κ3) is 4.37. The summed E-state index contributed by atoms with van der Waals surface area (Å²) in [6.07, 6.45) is 0.987. The molecule has 3 aromatic carbocycles. The average molecular weight is 456 g/mol. The van der Waals surface area contributed by atoms with Crippen molar-refractivity contribution in [1.82, 2.24) is 9.88 Å². The fourth-order valence-electron chi connectivity index (χ4n) is 4.64. The lowest BCUT2D eigenvalue weighted by Crippen LogP contribution is -2.33. The van der Waals surface area contributed by atoms with E-state index < -0.39 is 0 Å². The first-order valence-corrected chi connectivity index (χ1v) is 11.5. The molecule has 34 heavy (non-hydrogen) atoms. The summed E-state index contributed by atoms with van der Waals surface area (Å²) < 4.78 is 17.2. The van der Waals surface area contributed by atoms with Crippen molar-refractivity contribution in [3.05, 3.63) is 77.9 Å². The van der Waals surface area contributed by atoms with Gasteiger partial charge < -0.3 is 19.9 Å². The SMILES string of the molecule is COc1cc2c(cc1OC)CN(CCOc1ccc(-c3cccc(N)n3)c3ccccc13)CC2. The van der Waals surface area contributed by atoms with E-state index in [1.165, 1.54) is 11.1 Å². The van der Waals surface area contributed by atoms with Crippen molar-refractivity contribution in [1.29, 1.82) is 0 Å². The summed E-state index contributed by atoms with van der Waals surface area (Å²) in [4.78, 5) is 6.92. The van der Waals surface area contributed by atoms with E-state index in [1.54, 1.807) is 20.3 Å². The Hall–Kier alpha value is -3.77. The molecule has 0 aliphatic carbocycles. The summed E-state index contributed by atoms with van der Waals surface area (Å²) in [7, 11) is 3.36. The Morgan fingerprint density at radius 3 is 2.38 bits per heavy atom. The number of rotatable bonds is 7. The van der Waals surface area contributed by atoms with Gasteiger partial charge in [0.25, 0.3) is 0 Å². The first-order valence-electron chi connectivity index (χ1n) is 11.5. The maximum atomic E-state index is 6.27. The van der Waals surface area contributed by atoms with E-state index >= 15 is 0 Å². The molecule has 0 saturated heterocycles. The molecule has 6 heteroatoms. The van der Waals surface area contributed by atoms with Crippen LogP contribution in [-0.4, -0.2) is 43.8 Å². The second-order valence-corrected chi connectivity index (χ2v) is 8.46. The molecule has 0 amide bonds. The number of hydrogen-bond acceptors (Lipinski definition) is 6. The van der Waals surface area contributed by atoms with Crippen LogP contribution < -0.4 is 19.9 Å². The van der Waals surface area contributed by atoms with Gasteiger partial charge in [0.2, 0.25) is 0 Å². The van der Waals surface area contributed by atoms with Gasteiger partial charge >= 0.3 is 0 Å². The van der Waals surface area contributed by atoms with Gasteiger partial charge in [0.15, 0.2) is 11.5 Å². The van der Waals surface area contributed by atoms with E-state index in [4.69, 9.17) is 19.9 Å². The number of ether oxygens (including phenoxy) is 3. The number of methoxy groups -OCH3 is 2. The summed E-state index contributed by atoms with van der Waals surface area (Å²) in [6, 6.07) is 22.3. The number of pyridine rings is 1. The molecule has 0 radical (unpaired) electrons. The molecule has 1 aromatic heterocycles. The Bertz CT molecular complexity index is 1320. The summed E-state index contributed by atoms with van der Waals surface area (Å²) in [6.45, 7) is 3.33. The largest absolute Gasteiger partial charge is 0.493 e. The van der Waals surface area contributed by atoms with E-state index in [0.717, 1.165) is 65.3 Å². The Kier molecular flexibility index (Phi) is 6.23. The average Bonchev–Trinajstić information content (AvgIpc) is 2.87. The van der Waals surface area contributed by atoms with Crippen LogP contribution in [-0.2, 0) is 13.0 Å². The molecule has 4 aromatic rings. The van der Waals surface area contributed by atoms with E-state index in [9.17, 15) is 0 Å². The van der Waals surface area contributed by atoms with Crippen LogP contribution in [0, 0.1) is 0 Å². The molecular formula is C28H29N3O3. The highest BCUT2D eigenvalue weighted by Gasteiger charge is 2.19. The van der Waals surface area contributed by atoms with E-state index in [2.05, 4.69) is 40.2 Å². The standard InChI is InChI=1S/C28H29N3O3/c1-32-26-16-19-12-13-31(18-20(19)17-27(26)33-2)14-15-34-25-11-10-22(21-6-3-4-7-23(21)25)24-8-5-9-28(29)30-24/h3-11,16-17H,12-15,18H2,1-2H3,(H2,29,30). The first-order chi connectivity index (χ1) is 16.7. The molecule has 0 atom stereocenters. The number of nitrogens with zero attached hydrogens (tertiary/aromatic N) is 2. The van der Waals surface area contributed by atoms with Gasteiger partial charge in [-0.1, -0.05) is 30.3 Å². The Morgan fingerprint density at radius 2 is 1.62 bits per heavy atom. The molecule has 1 aliphatic heterocycles. The van der Waals surface area contributed by atoms with Crippen molar-refractivity contribution in [3.8, 4) is 28.5 Å². The zero-order chi connectivity index (χ0) is 23.5. The molecule has 0 bridgehead atoms. The van der Waals surface area contributed by atoms with Crippen molar-refractivity contribution < 1.29 is 14.2 Å². The van der Waals surface area contributed by atoms with Crippen molar-refractivity contribution in [2.45, 2.75) is 13.0 Å². The number of nitrogen functional groups attached to an aromatic ring is 1. The van der Waals surface area contributed by atoms with Crippen molar-refractivity contribution in [2.75, 3.05) is 39.6 Å². The van der Waals surface area contributed by atoms with Gasteiger partial charge in [-0.15, -0.1) is 0 Å². The number of fused-ring (bicyclic) bond motifs is 2. The molecule has 5 rings (SSSR count). The number of nitrogens with two attached hydrogens (primary N) is 1. The number of aromatic nitrogens is 1. The van der Waals surface area contributed by atoms with Crippen molar-refractivity contribution in [2.24, 2.45) is 0 Å². The molecule has 174 valence electrons. The van der Waals surface area contributed by atoms with E-state index in [1.807, 2.05) is 30.3 Å². The lowest BCUT2D eigenvalue weighted by Gasteiger charge is -2.29.